The van der Waals surface area contributed by atoms with Crippen LogP contribution in [0.3, 0.4) is 0 Å². The number of aryl methyl sites for hydroxylation is 1. The summed E-state index contributed by atoms with van der Waals surface area (Å²) in [6.07, 6.45) is 4.37. The molecule has 0 atom stereocenters. The van der Waals surface area contributed by atoms with E-state index in [4.69, 9.17) is 4.42 Å². The second kappa shape index (κ2) is 4.96. The quantitative estimate of drug-likeness (QED) is 0.915. The number of oxazole rings is 1. The molecule has 1 aliphatic carbocycles. The molecule has 7 nitrogen and oxygen atoms in total. The average molecular weight is 307 g/mol. The van der Waals surface area contributed by atoms with Gasteiger partial charge in [-0.25, -0.2) is 14.7 Å². The second-order valence-corrected chi connectivity index (χ2v) is 6.50. The lowest BCUT2D eigenvalue weighted by molar-refractivity contribution is 0.0953. The summed E-state index contributed by atoms with van der Waals surface area (Å²) in [5, 5.41) is -0.175. The molecule has 1 N–H and O–H groups in total. The molecule has 1 saturated carbocycles. The first-order chi connectivity index (χ1) is 9.99. The van der Waals surface area contributed by atoms with Crippen molar-refractivity contribution in [2.75, 3.05) is 0 Å². The monoisotopic (exact) mass is 307 g/mol. The molecule has 1 fully saturated rings. The Hall–Kier alpha value is -2.22. The molecule has 0 aromatic carbocycles. The van der Waals surface area contributed by atoms with E-state index in [-0.39, 0.29) is 16.7 Å². The molecule has 3 rings (SSSR count). The fraction of sp³-hybridized carbons (Fsp3) is 0.308. The van der Waals surface area contributed by atoms with Gasteiger partial charge in [0.1, 0.15) is 0 Å². The van der Waals surface area contributed by atoms with E-state index < -0.39 is 15.9 Å². The average Bonchev–Trinajstić information content (AvgIpc) is 3.15. The topological polar surface area (TPSA) is 102 Å². The third kappa shape index (κ3) is 2.66. The van der Waals surface area contributed by atoms with Crippen LogP contribution in [0.5, 0.6) is 0 Å². The highest BCUT2D eigenvalue weighted by atomic mass is 32.2. The molecule has 0 spiro atoms. The molecule has 2 aromatic heterocycles. The van der Waals surface area contributed by atoms with Gasteiger partial charge in [0.05, 0.1) is 5.69 Å². The van der Waals surface area contributed by atoms with Crippen LogP contribution in [0.15, 0.2) is 34.2 Å². The zero-order valence-corrected chi connectivity index (χ0v) is 12.1. The molecule has 0 unspecified atom stereocenters. The van der Waals surface area contributed by atoms with E-state index in [2.05, 4.69) is 9.97 Å². The summed E-state index contributed by atoms with van der Waals surface area (Å²) in [6.45, 7) is 1.61. The highest BCUT2D eigenvalue weighted by Crippen LogP contribution is 2.40. The summed E-state index contributed by atoms with van der Waals surface area (Å²) in [4.78, 5) is 19.9. The van der Waals surface area contributed by atoms with Gasteiger partial charge in [-0.3, -0.25) is 4.79 Å². The number of aromatic nitrogens is 2. The smallest absolute Gasteiger partial charge is 0.302 e. The lowest BCUT2D eigenvalue weighted by Gasteiger charge is -2.07. The molecule has 0 saturated heterocycles. The summed E-state index contributed by atoms with van der Waals surface area (Å²) < 4.78 is 31.4. The maximum Gasteiger partial charge on any atom is 0.302 e. The van der Waals surface area contributed by atoms with Gasteiger partial charge in [0.15, 0.2) is 11.4 Å². The number of amides is 1. The standard InChI is InChI=1S/C13H13N3O4S/c1-8-3-2-6-14-13(8)21(18,19)16-12(17)11-10(9-4-5-9)15-7-20-11/h2-3,6-7,9H,4-5H2,1H3,(H,16,17). The van der Waals surface area contributed by atoms with Crippen LogP contribution in [0, 0.1) is 6.92 Å². The summed E-state index contributed by atoms with van der Waals surface area (Å²) in [7, 11) is -4.04. The Morgan fingerprint density at radius 1 is 1.38 bits per heavy atom. The Bertz CT molecular complexity index is 793. The Balaban J connectivity index is 1.87. The summed E-state index contributed by atoms with van der Waals surface area (Å²) in [5.41, 5.74) is 0.971. The minimum absolute atomic E-state index is 0.0466. The minimum atomic E-state index is -4.04. The van der Waals surface area contributed by atoms with Crippen LogP contribution in [0.1, 0.15) is 40.6 Å². The minimum Gasteiger partial charge on any atom is -0.438 e. The molecule has 0 bridgehead atoms. The van der Waals surface area contributed by atoms with Crippen molar-refractivity contribution in [1.82, 2.24) is 14.7 Å². The van der Waals surface area contributed by atoms with E-state index in [9.17, 15) is 13.2 Å². The van der Waals surface area contributed by atoms with Crippen LogP contribution in [0.4, 0.5) is 0 Å². The van der Waals surface area contributed by atoms with Gasteiger partial charge in [-0.05, 0) is 31.4 Å². The maximum atomic E-state index is 12.2. The number of rotatable bonds is 4. The molecule has 1 aliphatic rings. The van der Waals surface area contributed by atoms with Crippen molar-refractivity contribution < 1.29 is 17.6 Å². The number of nitrogens with zero attached hydrogens (tertiary/aromatic N) is 2. The lowest BCUT2D eigenvalue weighted by Crippen LogP contribution is -2.32. The van der Waals surface area contributed by atoms with Crippen LogP contribution in [0.2, 0.25) is 0 Å². The number of hydrogen-bond donors (Lipinski definition) is 1. The second-order valence-electron chi connectivity index (χ2n) is 4.90. The number of sulfonamides is 1. The van der Waals surface area contributed by atoms with E-state index in [1.807, 2.05) is 4.72 Å². The first-order valence-electron chi connectivity index (χ1n) is 6.41. The van der Waals surface area contributed by atoms with Crippen molar-refractivity contribution in [2.45, 2.75) is 30.7 Å². The van der Waals surface area contributed by atoms with Crippen LogP contribution in [0.25, 0.3) is 0 Å². The summed E-state index contributed by atoms with van der Waals surface area (Å²) in [5.74, 6) is -0.682. The predicted octanol–water partition coefficient (Wildman–Crippen LogP) is 1.37. The van der Waals surface area contributed by atoms with Crippen LogP contribution < -0.4 is 4.72 Å². The van der Waals surface area contributed by atoms with E-state index in [1.54, 1.807) is 19.1 Å². The third-order valence-corrected chi connectivity index (χ3v) is 4.60. The van der Waals surface area contributed by atoms with Crippen LogP contribution in [-0.4, -0.2) is 24.3 Å². The van der Waals surface area contributed by atoms with E-state index in [0.29, 0.717) is 11.3 Å². The van der Waals surface area contributed by atoms with Gasteiger partial charge >= 0.3 is 5.91 Å². The number of carbonyl (C=O) groups excluding carboxylic acids is 1. The Morgan fingerprint density at radius 3 is 2.81 bits per heavy atom. The fourth-order valence-electron chi connectivity index (χ4n) is 2.04. The van der Waals surface area contributed by atoms with Crippen molar-refractivity contribution >= 4 is 15.9 Å². The van der Waals surface area contributed by atoms with Crippen molar-refractivity contribution in [3.8, 4) is 0 Å². The molecule has 0 radical (unpaired) electrons. The zero-order chi connectivity index (χ0) is 15.0. The van der Waals surface area contributed by atoms with Crippen molar-refractivity contribution in [3.05, 3.63) is 41.7 Å². The highest BCUT2D eigenvalue weighted by Gasteiger charge is 2.33. The van der Waals surface area contributed by atoms with Gasteiger partial charge < -0.3 is 4.42 Å². The number of nitrogens with one attached hydrogen (secondary N) is 1. The summed E-state index contributed by atoms with van der Waals surface area (Å²) >= 11 is 0. The Kier molecular flexibility index (Phi) is 3.25. The van der Waals surface area contributed by atoms with Gasteiger partial charge in [0.2, 0.25) is 5.76 Å². The van der Waals surface area contributed by atoms with Crippen LogP contribution >= 0.6 is 0 Å². The third-order valence-electron chi connectivity index (χ3n) is 3.21. The molecule has 110 valence electrons. The molecular formula is C13H13N3O4S. The Labute approximate surface area is 121 Å². The first kappa shape index (κ1) is 13.7. The predicted molar refractivity (Wildman–Crippen MR) is 72.1 cm³/mol. The molecule has 2 aromatic rings. The largest absolute Gasteiger partial charge is 0.438 e. The highest BCUT2D eigenvalue weighted by molar-refractivity contribution is 7.90. The lowest BCUT2D eigenvalue weighted by atomic mass is 10.2. The number of carbonyl (C=O) groups is 1. The molecular weight excluding hydrogens is 294 g/mol. The zero-order valence-electron chi connectivity index (χ0n) is 11.2. The molecule has 8 heteroatoms. The Morgan fingerprint density at radius 2 is 2.14 bits per heavy atom. The van der Waals surface area contributed by atoms with Crippen molar-refractivity contribution in [1.29, 1.82) is 0 Å². The molecule has 2 heterocycles. The van der Waals surface area contributed by atoms with Gasteiger partial charge in [-0.15, -0.1) is 0 Å². The SMILES string of the molecule is Cc1cccnc1S(=O)(=O)NC(=O)c1ocnc1C1CC1. The first-order valence-corrected chi connectivity index (χ1v) is 7.89. The van der Waals surface area contributed by atoms with Crippen LogP contribution in [-0.2, 0) is 10.0 Å². The number of pyridine rings is 1. The fourth-order valence-corrected chi connectivity index (χ4v) is 3.17. The van der Waals surface area contributed by atoms with Gasteiger partial charge in [-0.2, -0.15) is 8.42 Å². The summed E-state index contributed by atoms with van der Waals surface area (Å²) in [6, 6.07) is 3.23. The molecule has 21 heavy (non-hydrogen) atoms. The van der Waals surface area contributed by atoms with Crippen molar-refractivity contribution in [2.24, 2.45) is 0 Å². The molecule has 0 aliphatic heterocycles. The van der Waals surface area contributed by atoms with E-state index in [1.165, 1.54) is 6.20 Å². The van der Waals surface area contributed by atoms with E-state index >= 15 is 0 Å². The maximum absolute atomic E-state index is 12.2. The van der Waals surface area contributed by atoms with Gasteiger partial charge in [0, 0.05) is 12.1 Å². The normalized spacial score (nSPS) is 14.9. The number of hydrogen-bond acceptors (Lipinski definition) is 6. The van der Waals surface area contributed by atoms with Gasteiger partial charge in [-0.1, -0.05) is 6.07 Å². The van der Waals surface area contributed by atoms with Crippen molar-refractivity contribution in [3.63, 3.8) is 0 Å². The molecule has 1 amide bonds. The van der Waals surface area contributed by atoms with E-state index in [0.717, 1.165) is 19.2 Å². The van der Waals surface area contributed by atoms with Gasteiger partial charge in [0.25, 0.3) is 10.0 Å².